The number of nitrogens with one attached hydrogen (secondary N) is 1. The predicted molar refractivity (Wildman–Crippen MR) is 76.4 cm³/mol. The number of thiophene rings is 1. The molecule has 1 amide bonds. The molecule has 102 valence electrons. The summed E-state index contributed by atoms with van der Waals surface area (Å²) in [5.41, 5.74) is 1.89. The zero-order valence-corrected chi connectivity index (χ0v) is 11.3. The van der Waals surface area contributed by atoms with E-state index in [1.165, 1.54) is 18.5 Å². The molecule has 6 heteroatoms. The van der Waals surface area contributed by atoms with Crippen molar-refractivity contribution in [3.63, 3.8) is 0 Å². The molecule has 0 saturated carbocycles. The first-order valence-electron chi connectivity index (χ1n) is 5.81. The summed E-state index contributed by atoms with van der Waals surface area (Å²) in [5.74, 6) is -1.33. The van der Waals surface area contributed by atoms with E-state index in [0.29, 0.717) is 17.7 Å². The van der Waals surface area contributed by atoms with Gasteiger partial charge in [0, 0.05) is 36.1 Å². The summed E-state index contributed by atoms with van der Waals surface area (Å²) in [6.45, 7) is 0.437. The van der Waals surface area contributed by atoms with Gasteiger partial charge in [-0.3, -0.25) is 9.78 Å². The Morgan fingerprint density at radius 1 is 1.40 bits per heavy atom. The number of carbonyl (C=O) groups is 2. The van der Waals surface area contributed by atoms with Gasteiger partial charge in [0.25, 0.3) is 5.91 Å². The van der Waals surface area contributed by atoms with E-state index in [1.807, 2.05) is 16.8 Å². The fraction of sp³-hybridized carbons (Fsp3) is 0.0714. The number of nitrogens with zero attached hydrogens (tertiary/aromatic N) is 1. The van der Waals surface area contributed by atoms with E-state index in [1.54, 1.807) is 17.4 Å². The first-order valence-corrected chi connectivity index (χ1v) is 6.75. The molecular weight excluding hydrogens is 276 g/mol. The van der Waals surface area contributed by atoms with Gasteiger partial charge in [-0.05, 0) is 34.5 Å². The van der Waals surface area contributed by atoms with Gasteiger partial charge in [0.05, 0.1) is 0 Å². The Morgan fingerprint density at radius 2 is 2.25 bits per heavy atom. The Bertz CT molecular complexity index is 636. The number of amides is 1. The molecule has 0 aliphatic heterocycles. The molecule has 0 atom stereocenters. The summed E-state index contributed by atoms with van der Waals surface area (Å²) < 4.78 is 0. The van der Waals surface area contributed by atoms with E-state index in [-0.39, 0.29) is 5.91 Å². The number of hydrogen-bond donors (Lipinski definition) is 2. The third-order valence-corrected chi connectivity index (χ3v) is 3.27. The Balaban J connectivity index is 2.11. The molecule has 0 unspecified atom stereocenters. The predicted octanol–water partition coefficient (Wildman–Crippen LogP) is 2.17. The average Bonchev–Trinajstić information content (AvgIpc) is 2.96. The minimum atomic E-state index is -1.07. The van der Waals surface area contributed by atoms with Gasteiger partial charge >= 0.3 is 5.97 Å². The van der Waals surface area contributed by atoms with Crippen molar-refractivity contribution in [1.82, 2.24) is 10.3 Å². The number of pyridine rings is 1. The Labute approximate surface area is 119 Å². The third kappa shape index (κ3) is 3.76. The molecule has 0 saturated heterocycles. The quantitative estimate of drug-likeness (QED) is 0.826. The van der Waals surface area contributed by atoms with Crippen LogP contribution >= 0.6 is 11.3 Å². The lowest BCUT2D eigenvalue weighted by Crippen LogP contribution is -2.23. The molecule has 2 rings (SSSR count). The second-order valence-electron chi connectivity index (χ2n) is 3.95. The molecule has 2 N–H and O–H groups in total. The fourth-order valence-electron chi connectivity index (χ4n) is 1.58. The maximum Gasteiger partial charge on any atom is 0.328 e. The lowest BCUT2D eigenvalue weighted by molar-refractivity contribution is -0.131. The minimum absolute atomic E-state index is 0.261. The minimum Gasteiger partial charge on any atom is -0.478 e. The second kappa shape index (κ2) is 6.63. The Hall–Kier alpha value is -2.47. The van der Waals surface area contributed by atoms with E-state index >= 15 is 0 Å². The third-order valence-electron chi connectivity index (χ3n) is 2.54. The summed E-state index contributed by atoms with van der Waals surface area (Å²) in [6, 6.07) is 3.49. The normalized spacial score (nSPS) is 10.6. The van der Waals surface area contributed by atoms with E-state index in [4.69, 9.17) is 5.11 Å². The molecule has 2 aromatic heterocycles. The molecule has 5 nitrogen and oxygen atoms in total. The van der Waals surface area contributed by atoms with Crippen LogP contribution in [0, 0.1) is 0 Å². The van der Waals surface area contributed by atoms with Crippen LogP contribution in [0.4, 0.5) is 0 Å². The molecule has 0 aliphatic carbocycles. The van der Waals surface area contributed by atoms with E-state index in [2.05, 4.69) is 10.3 Å². The molecule has 2 heterocycles. The highest BCUT2D eigenvalue weighted by Gasteiger charge is 2.09. The highest BCUT2D eigenvalue weighted by Crippen LogP contribution is 2.10. The summed E-state index contributed by atoms with van der Waals surface area (Å²) in [4.78, 5) is 26.5. The van der Waals surface area contributed by atoms with Crippen molar-refractivity contribution >= 4 is 29.3 Å². The molecule has 0 radical (unpaired) electrons. The van der Waals surface area contributed by atoms with Crippen molar-refractivity contribution in [3.8, 4) is 0 Å². The highest BCUT2D eigenvalue weighted by atomic mass is 32.1. The van der Waals surface area contributed by atoms with Crippen molar-refractivity contribution in [2.75, 3.05) is 0 Å². The van der Waals surface area contributed by atoms with Gasteiger partial charge in [0.1, 0.15) is 0 Å². The number of carboxylic acids is 1. The van der Waals surface area contributed by atoms with Gasteiger partial charge in [-0.25, -0.2) is 4.79 Å². The SMILES string of the molecule is O=C(O)C=Cc1cnccc1C(=O)NCc1ccsc1. The second-order valence-corrected chi connectivity index (χ2v) is 4.73. The summed E-state index contributed by atoms with van der Waals surface area (Å²) in [6.07, 6.45) is 5.29. The summed E-state index contributed by atoms with van der Waals surface area (Å²) in [5, 5.41) is 15.3. The van der Waals surface area contributed by atoms with Crippen molar-refractivity contribution in [2.24, 2.45) is 0 Å². The zero-order chi connectivity index (χ0) is 14.4. The Kier molecular flexibility index (Phi) is 4.62. The van der Waals surface area contributed by atoms with Gasteiger partial charge in [0.2, 0.25) is 0 Å². The molecular formula is C14H12N2O3S. The number of aliphatic carboxylic acids is 1. The van der Waals surface area contributed by atoms with Crippen LogP contribution in [0.2, 0.25) is 0 Å². The molecule has 2 aromatic rings. The Morgan fingerprint density at radius 3 is 2.95 bits per heavy atom. The zero-order valence-electron chi connectivity index (χ0n) is 10.4. The fourth-order valence-corrected chi connectivity index (χ4v) is 2.25. The molecule has 0 aliphatic rings. The van der Waals surface area contributed by atoms with Crippen LogP contribution in [-0.4, -0.2) is 22.0 Å². The number of rotatable bonds is 5. The average molecular weight is 288 g/mol. The standard InChI is InChI=1S/C14H12N2O3S/c17-13(18)2-1-11-8-15-5-3-12(11)14(19)16-7-10-4-6-20-9-10/h1-6,8-9H,7H2,(H,16,19)(H,17,18). The summed E-state index contributed by atoms with van der Waals surface area (Å²) >= 11 is 1.56. The number of carbonyl (C=O) groups excluding carboxylic acids is 1. The van der Waals surface area contributed by atoms with Crippen molar-refractivity contribution in [2.45, 2.75) is 6.54 Å². The van der Waals surface area contributed by atoms with Gasteiger partial charge in [-0.15, -0.1) is 0 Å². The molecule has 20 heavy (non-hydrogen) atoms. The van der Waals surface area contributed by atoms with Crippen molar-refractivity contribution < 1.29 is 14.7 Å². The van der Waals surface area contributed by atoms with Gasteiger partial charge in [0.15, 0.2) is 0 Å². The molecule has 0 spiro atoms. The van der Waals surface area contributed by atoms with Crippen LogP contribution in [0.1, 0.15) is 21.5 Å². The lowest BCUT2D eigenvalue weighted by Gasteiger charge is -2.06. The molecule has 0 fully saturated rings. The van der Waals surface area contributed by atoms with E-state index in [9.17, 15) is 9.59 Å². The maximum absolute atomic E-state index is 12.1. The topological polar surface area (TPSA) is 79.3 Å². The van der Waals surface area contributed by atoms with Crippen LogP contribution in [-0.2, 0) is 11.3 Å². The van der Waals surface area contributed by atoms with Crippen LogP contribution in [0.5, 0.6) is 0 Å². The van der Waals surface area contributed by atoms with Crippen LogP contribution in [0.3, 0.4) is 0 Å². The summed E-state index contributed by atoms with van der Waals surface area (Å²) in [7, 11) is 0. The molecule has 0 bridgehead atoms. The number of aromatic nitrogens is 1. The van der Waals surface area contributed by atoms with Crippen molar-refractivity contribution in [1.29, 1.82) is 0 Å². The highest BCUT2D eigenvalue weighted by molar-refractivity contribution is 7.07. The van der Waals surface area contributed by atoms with Crippen molar-refractivity contribution in [3.05, 3.63) is 58.1 Å². The van der Waals surface area contributed by atoms with Gasteiger partial charge in [-0.1, -0.05) is 0 Å². The van der Waals surface area contributed by atoms with Gasteiger partial charge < -0.3 is 10.4 Å². The first-order chi connectivity index (χ1) is 9.66. The monoisotopic (exact) mass is 288 g/mol. The maximum atomic E-state index is 12.1. The smallest absolute Gasteiger partial charge is 0.328 e. The number of hydrogen-bond acceptors (Lipinski definition) is 4. The molecule has 0 aromatic carbocycles. The van der Waals surface area contributed by atoms with Crippen LogP contribution in [0.25, 0.3) is 6.08 Å². The van der Waals surface area contributed by atoms with Gasteiger partial charge in [-0.2, -0.15) is 11.3 Å². The first kappa shape index (κ1) is 14.0. The van der Waals surface area contributed by atoms with E-state index in [0.717, 1.165) is 11.6 Å². The van der Waals surface area contributed by atoms with Crippen LogP contribution in [0.15, 0.2) is 41.4 Å². The van der Waals surface area contributed by atoms with E-state index < -0.39 is 5.97 Å². The lowest BCUT2D eigenvalue weighted by atomic mass is 10.1. The van der Waals surface area contributed by atoms with Crippen LogP contribution < -0.4 is 5.32 Å². The number of carboxylic acid groups (broad SMARTS) is 1. The largest absolute Gasteiger partial charge is 0.478 e.